The van der Waals surface area contributed by atoms with Crippen LogP contribution in [-0.4, -0.2) is 32.8 Å². The summed E-state index contributed by atoms with van der Waals surface area (Å²) in [7, 11) is 0. The number of nitrogens with one attached hydrogen (secondary N) is 2. The van der Waals surface area contributed by atoms with E-state index in [0.717, 1.165) is 5.56 Å². The topological polar surface area (TPSA) is 97.6 Å². The molecule has 1 aromatic carbocycles. The Balaban J connectivity index is 1.51. The van der Waals surface area contributed by atoms with E-state index in [-0.39, 0.29) is 24.1 Å². The fraction of sp³-hybridized carbons (Fsp3) is 0.125. The molecule has 120 valence electrons. The molecule has 3 heterocycles. The van der Waals surface area contributed by atoms with E-state index in [1.165, 1.54) is 0 Å². The fourth-order valence-corrected chi connectivity index (χ4v) is 2.52. The minimum Gasteiger partial charge on any atom is -0.482 e. The Morgan fingerprint density at radius 3 is 3.00 bits per heavy atom. The van der Waals surface area contributed by atoms with Crippen LogP contribution in [0.2, 0.25) is 0 Å². The van der Waals surface area contributed by atoms with Crippen molar-refractivity contribution < 1.29 is 14.3 Å². The largest absolute Gasteiger partial charge is 0.482 e. The number of hydrogen-bond donors (Lipinski definition) is 2. The van der Waals surface area contributed by atoms with Gasteiger partial charge >= 0.3 is 0 Å². The minimum absolute atomic E-state index is 0.0169. The number of amides is 2. The molecular weight excluding hydrogens is 310 g/mol. The summed E-state index contributed by atoms with van der Waals surface area (Å²) < 4.78 is 7.03. The van der Waals surface area contributed by atoms with Crippen LogP contribution in [0.5, 0.6) is 5.75 Å². The lowest BCUT2D eigenvalue weighted by Crippen LogP contribution is -2.26. The van der Waals surface area contributed by atoms with E-state index < -0.39 is 0 Å². The molecule has 0 aliphatic carbocycles. The number of ether oxygens (including phenoxy) is 1. The lowest BCUT2D eigenvalue weighted by atomic mass is 10.1. The van der Waals surface area contributed by atoms with Gasteiger partial charge in [-0.05, 0) is 17.7 Å². The van der Waals surface area contributed by atoms with Gasteiger partial charge in [-0.1, -0.05) is 6.07 Å². The van der Waals surface area contributed by atoms with E-state index in [1.54, 1.807) is 41.3 Å². The number of rotatable bonds is 3. The summed E-state index contributed by atoms with van der Waals surface area (Å²) in [5.74, 6) is 0.108. The van der Waals surface area contributed by atoms with Gasteiger partial charge in [-0.15, -0.1) is 0 Å². The molecule has 8 heteroatoms. The Bertz CT molecular complexity index is 950. The number of carbonyl (C=O) groups is 2. The van der Waals surface area contributed by atoms with Gasteiger partial charge in [-0.3, -0.25) is 9.59 Å². The van der Waals surface area contributed by atoms with Crippen LogP contribution in [0.1, 0.15) is 16.1 Å². The highest BCUT2D eigenvalue weighted by molar-refractivity contribution is 5.98. The molecule has 0 unspecified atom stereocenters. The third kappa shape index (κ3) is 2.54. The van der Waals surface area contributed by atoms with E-state index in [2.05, 4.69) is 20.6 Å². The second kappa shape index (κ2) is 5.65. The molecule has 2 aromatic heterocycles. The highest BCUT2D eigenvalue weighted by atomic mass is 16.5. The van der Waals surface area contributed by atoms with Crippen LogP contribution in [0.25, 0.3) is 5.65 Å². The van der Waals surface area contributed by atoms with E-state index in [1.807, 2.05) is 6.07 Å². The van der Waals surface area contributed by atoms with Crippen LogP contribution in [0.4, 0.5) is 5.69 Å². The second-order valence-corrected chi connectivity index (χ2v) is 5.28. The zero-order valence-electron chi connectivity index (χ0n) is 12.5. The maximum absolute atomic E-state index is 12.3. The first-order chi connectivity index (χ1) is 11.7. The normalized spacial score (nSPS) is 13.1. The lowest BCUT2D eigenvalue weighted by molar-refractivity contribution is -0.118. The first-order valence-corrected chi connectivity index (χ1v) is 7.32. The monoisotopic (exact) mass is 323 g/mol. The van der Waals surface area contributed by atoms with Gasteiger partial charge in [0.25, 0.3) is 11.8 Å². The Morgan fingerprint density at radius 2 is 2.12 bits per heavy atom. The number of hydrogen-bond acceptors (Lipinski definition) is 5. The molecule has 3 aromatic rings. The first-order valence-electron chi connectivity index (χ1n) is 7.32. The number of benzene rings is 1. The average Bonchev–Trinajstić information content (AvgIpc) is 3.08. The van der Waals surface area contributed by atoms with Crippen molar-refractivity contribution in [2.24, 2.45) is 0 Å². The number of aromatic nitrogens is 3. The van der Waals surface area contributed by atoms with Gasteiger partial charge in [0.2, 0.25) is 0 Å². The van der Waals surface area contributed by atoms with Crippen LogP contribution >= 0.6 is 0 Å². The molecular formula is C16H13N5O3. The molecule has 24 heavy (non-hydrogen) atoms. The van der Waals surface area contributed by atoms with E-state index in [0.29, 0.717) is 23.6 Å². The first kappa shape index (κ1) is 14.2. The number of carbonyl (C=O) groups excluding carboxylic acids is 2. The zero-order chi connectivity index (χ0) is 16.5. The van der Waals surface area contributed by atoms with Gasteiger partial charge in [0.05, 0.1) is 5.69 Å². The van der Waals surface area contributed by atoms with Crippen molar-refractivity contribution in [3.8, 4) is 5.75 Å². The number of anilines is 1. The van der Waals surface area contributed by atoms with Gasteiger partial charge in [0, 0.05) is 31.3 Å². The highest BCUT2D eigenvalue weighted by Crippen LogP contribution is 2.28. The molecule has 0 spiro atoms. The van der Waals surface area contributed by atoms with Gasteiger partial charge in [-0.2, -0.15) is 0 Å². The van der Waals surface area contributed by atoms with Crippen molar-refractivity contribution in [1.29, 1.82) is 0 Å². The maximum Gasteiger partial charge on any atom is 0.274 e. The van der Waals surface area contributed by atoms with Crippen LogP contribution in [0.3, 0.4) is 0 Å². The molecule has 1 aliphatic heterocycles. The predicted octanol–water partition coefficient (Wildman–Crippen LogP) is 0.990. The summed E-state index contributed by atoms with van der Waals surface area (Å²) in [6, 6.07) is 5.38. The SMILES string of the molecule is O=C1COc2ccc(CNC(=O)c3nccn4ccnc34)cc2N1. The average molecular weight is 323 g/mol. The predicted molar refractivity (Wildman–Crippen MR) is 84.7 cm³/mol. The number of nitrogens with zero attached hydrogens (tertiary/aromatic N) is 3. The summed E-state index contributed by atoms with van der Waals surface area (Å²) >= 11 is 0. The fourth-order valence-electron chi connectivity index (χ4n) is 2.52. The molecule has 0 radical (unpaired) electrons. The van der Waals surface area contributed by atoms with Crippen molar-refractivity contribution in [2.45, 2.75) is 6.54 Å². The summed E-state index contributed by atoms with van der Waals surface area (Å²) in [6.45, 7) is 0.314. The van der Waals surface area contributed by atoms with E-state index in [9.17, 15) is 9.59 Å². The van der Waals surface area contributed by atoms with Crippen molar-refractivity contribution in [1.82, 2.24) is 19.7 Å². The van der Waals surface area contributed by atoms with Gasteiger partial charge in [-0.25, -0.2) is 9.97 Å². The molecule has 4 rings (SSSR count). The molecule has 0 bridgehead atoms. The third-order valence-corrected chi connectivity index (χ3v) is 3.66. The van der Waals surface area contributed by atoms with Crippen LogP contribution in [0.15, 0.2) is 43.0 Å². The van der Waals surface area contributed by atoms with Gasteiger partial charge < -0.3 is 19.8 Å². The van der Waals surface area contributed by atoms with Crippen LogP contribution in [-0.2, 0) is 11.3 Å². The summed E-state index contributed by atoms with van der Waals surface area (Å²) in [5.41, 5.74) is 2.20. The maximum atomic E-state index is 12.3. The number of imidazole rings is 1. The van der Waals surface area contributed by atoms with E-state index >= 15 is 0 Å². The molecule has 1 aliphatic rings. The zero-order valence-corrected chi connectivity index (χ0v) is 12.5. The molecule has 8 nitrogen and oxygen atoms in total. The number of fused-ring (bicyclic) bond motifs is 2. The van der Waals surface area contributed by atoms with Crippen molar-refractivity contribution in [3.05, 3.63) is 54.2 Å². The highest BCUT2D eigenvalue weighted by Gasteiger charge is 2.17. The van der Waals surface area contributed by atoms with Crippen molar-refractivity contribution in [3.63, 3.8) is 0 Å². The Kier molecular flexibility index (Phi) is 3.34. The smallest absolute Gasteiger partial charge is 0.274 e. The Morgan fingerprint density at radius 1 is 1.29 bits per heavy atom. The molecule has 2 amide bonds. The van der Waals surface area contributed by atoms with Gasteiger partial charge in [0.1, 0.15) is 5.75 Å². The Labute approximate surface area is 136 Å². The van der Waals surface area contributed by atoms with Crippen LogP contribution < -0.4 is 15.4 Å². The lowest BCUT2D eigenvalue weighted by Gasteiger charge is -2.18. The molecule has 2 N–H and O–H groups in total. The van der Waals surface area contributed by atoms with Crippen molar-refractivity contribution in [2.75, 3.05) is 11.9 Å². The molecule has 0 fully saturated rings. The van der Waals surface area contributed by atoms with Crippen molar-refractivity contribution >= 4 is 23.1 Å². The third-order valence-electron chi connectivity index (χ3n) is 3.66. The molecule has 0 atom stereocenters. The second-order valence-electron chi connectivity index (χ2n) is 5.28. The molecule has 0 saturated heterocycles. The minimum atomic E-state index is -0.315. The Hall–Kier alpha value is -3.42. The summed E-state index contributed by atoms with van der Waals surface area (Å²) in [4.78, 5) is 31.9. The van der Waals surface area contributed by atoms with E-state index in [4.69, 9.17) is 4.74 Å². The van der Waals surface area contributed by atoms with Crippen LogP contribution in [0, 0.1) is 0 Å². The molecule has 0 saturated carbocycles. The standard InChI is InChI=1S/C16H13N5O3/c22-13-9-24-12-2-1-10(7-11(12)20-13)8-19-16(23)14-15-18-4-6-21(15)5-3-17-14/h1-7H,8-9H2,(H,19,23)(H,20,22). The summed E-state index contributed by atoms with van der Waals surface area (Å²) in [5, 5.41) is 5.54. The van der Waals surface area contributed by atoms with Gasteiger partial charge in [0.15, 0.2) is 17.9 Å². The summed E-state index contributed by atoms with van der Waals surface area (Å²) in [6.07, 6.45) is 6.64. The quantitative estimate of drug-likeness (QED) is 0.749.